The van der Waals surface area contributed by atoms with Crippen LogP contribution in [0.4, 0.5) is 4.39 Å². The lowest BCUT2D eigenvalue weighted by atomic mass is 10.1. The summed E-state index contributed by atoms with van der Waals surface area (Å²) >= 11 is 0. The number of nitrogens with zero attached hydrogens (tertiary/aromatic N) is 1. The Hall–Kier alpha value is -1.42. The Bertz CT molecular complexity index is 391. The van der Waals surface area contributed by atoms with Gasteiger partial charge in [-0.1, -0.05) is 32.0 Å². The highest BCUT2D eigenvalue weighted by Gasteiger charge is 2.06. The largest absolute Gasteiger partial charge is 0.355 e. The molecule has 0 aliphatic carbocycles. The molecule has 0 unspecified atom stereocenters. The lowest BCUT2D eigenvalue weighted by molar-refractivity contribution is -0.121. The van der Waals surface area contributed by atoms with Crippen LogP contribution in [0.15, 0.2) is 24.3 Å². The number of hydrogen-bond donors (Lipinski definition) is 1. The van der Waals surface area contributed by atoms with Crippen molar-refractivity contribution in [1.29, 1.82) is 0 Å². The van der Waals surface area contributed by atoms with Gasteiger partial charge < -0.3 is 10.2 Å². The molecule has 0 saturated carbocycles. The summed E-state index contributed by atoms with van der Waals surface area (Å²) in [6.45, 7) is 7.69. The van der Waals surface area contributed by atoms with Crippen molar-refractivity contribution in [3.8, 4) is 0 Å². The van der Waals surface area contributed by atoms with E-state index in [1.807, 2.05) is 0 Å². The summed E-state index contributed by atoms with van der Waals surface area (Å²) in [5.41, 5.74) is 0.599. The standard InChI is InChI=1S/C15H23FN2O/c1-3-18(4-2)12-11-17-15(19)10-9-13-7-5-6-8-14(13)16/h5-8H,3-4,9-12H2,1-2H3,(H,17,19). The summed E-state index contributed by atoms with van der Waals surface area (Å²) < 4.78 is 13.4. The summed E-state index contributed by atoms with van der Waals surface area (Å²) in [5.74, 6) is -0.256. The number of carbonyl (C=O) groups excluding carboxylic acids is 1. The van der Waals surface area contributed by atoms with E-state index in [4.69, 9.17) is 0 Å². The minimum absolute atomic E-state index is 0.0181. The topological polar surface area (TPSA) is 32.3 Å². The van der Waals surface area contributed by atoms with Crippen LogP contribution in [0.3, 0.4) is 0 Å². The molecule has 0 heterocycles. The van der Waals surface area contributed by atoms with Crippen LogP contribution in [0.2, 0.25) is 0 Å². The molecular weight excluding hydrogens is 243 g/mol. The van der Waals surface area contributed by atoms with Gasteiger partial charge in [0, 0.05) is 19.5 Å². The molecule has 0 atom stereocenters. The summed E-state index contributed by atoms with van der Waals surface area (Å²) in [6.07, 6.45) is 0.781. The van der Waals surface area contributed by atoms with Crippen LogP contribution in [-0.4, -0.2) is 37.0 Å². The predicted octanol–water partition coefficient (Wildman–Crippen LogP) is 2.22. The highest BCUT2D eigenvalue weighted by atomic mass is 19.1. The minimum atomic E-state index is -0.238. The van der Waals surface area contributed by atoms with E-state index in [-0.39, 0.29) is 11.7 Å². The van der Waals surface area contributed by atoms with E-state index < -0.39 is 0 Å². The summed E-state index contributed by atoms with van der Waals surface area (Å²) in [4.78, 5) is 13.9. The van der Waals surface area contributed by atoms with Crippen molar-refractivity contribution in [3.63, 3.8) is 0 Å². The van der Waals surface area contributed by atoms with Gasteiger partial charge in [0.1, 0.15) is 5.82 Å². The zero-order valence-electron chi connectivity index (χ0n) is 11.8. The molecule has 0 aliphatic heterocycles. The van der Waals surface area contributed by atoms with Gasteiger partial charge in [-0.15, -0.1) is 0 Å². The molecule has 19 heavy (non-hydrogen) atoms. The predicted molar refractivity (Wildman–Crippen MR) is 75.5 cm³/mol. The molecule has 1 aromatic rings. The number of hydrogen-bond acceptors (Lipinski definition) is 2. The maximum atomic E-state index is 13.4. The molecule has 1 rings (SSSR count). The SMILES string of the molecule is CCN(CC)CCNC(=O)CCc1ccccc1F. The minimum Gasteiger partial charge on any atom is -0.355 e. The first-order valence-electron chi connectivity index (χ1n) is 6.89. The van der Waals surface area contributed by atoms with E-state index in [2.05, 4.69) is 24.1 Å². The molecule has 0 aromatic heterocycles. The first-order chi connectivity index (χ1) is 9.17. The average molecular weight is 266 g/mol. The highest BCUT2D eigenvalue weighted by molar-refractivity contribution is 5.76. The smallest absolute Gasteiger partial charge is 0.220 e. The number of halogens is 1. The van der Waals surface area contributed by atoms with Gasteiger partial charge in [0.15, 0.2) is 0 Å². The van der Waals surface area contributed by atoms with Crippen LogP contribution in [0.25, 0.3) is 0 Å². The fraction of sp³-hybridized carbons (Fsp3) is 0.533. The van der Waals surface area contributed by atoms with Gasteiger partial charge in [-0.05, 0) is 31.1 Å². The zero-order chi connectivity index (χ0) is 14.1. The Morgan fingerprint density at radius 3 is 2.58 bits per heavy atom. The molecule has 0 aliphatic rings. The number of aryl methyl sites for hydroxylation is 1. The van der Waals surface area contributed by atoms with Gasteiger partial charge in [0.2, 0.25) is 5.91 Å². The lowest BCUT2D eigenvalue weighted by Crippen LogP contribution is -2.34. The molecule has 0 saturated heterocycles. The Kier molecular flexibility index (Phi) is 7.11. The summed E-state index contributed by atoms with van der Waals surface area (Å²) in [7, 11) is 0. The molecule has 0 radical (unpaired) electrons. The Balaban J connectivity index is 2.23. The van der Waals surface area contributed by atoms with Gasteiger partial charge in [0.25, 0.3) is 0 Å². The second kappa shape index (κ2) is 8.64. The molecule has 1 N–H and O–H groups in total. The van der Waals surface area contributed by atoms with Gasteiger partial charge in [-0.3, -0.25) is 4.79 Å². The van der Waals surface area contributed by atoms with E-state index in [0.717, 1.165) is 19.6 Å². The third-order valence-electron chi connectivity index (χ3n) is 3.22. The fourth-order valence-electron chi connectivity index (χ4n) is 1.93. The first-order valence-corrected chi connectivity index (χ1v) is 6.89. The lowest BCUT2D eigenvalue weighted by Gasteiger charge is -2.17. The summed E-state index contributed by atoms with van der Waals surface area (Å²) in [5, 5.41) is 2.87. The zero-order valence-corrected chi connectivity index (χ0v) is 11.8. The third kappa shape index (κ3) is 5.83. The van der Waals surface area contributed by atoms with Crippen molar-refractivity contribution in [2.75, 3.05) is 26.2 Å². The van der Waals surface area contributed by atoms with Crippen molar-refractivity contribution < 1.29 is 9.18 Å². The van der Waals surface area contributed by atoms with Crippen LogP contribution in [0.1, 0.15) is 25.8 Å². The van der Waals surface area contributed by atoms with E-state index in [0.29, 0.717) is 24.9 Å². The van der Waals surface area contributed by atoms with Crippen LogP contribution in [-0.2, 0) is 11.2 Å². The van der Waals surface area contributed by atoms with Crippen molar-refractivity contribution in [1.82, 2.24) is 10.2 Å². The normalized spacial score (nSPS) is 10.7. The quantitative estimate of drug-likeness (QED) is 0.782. The second-order valence-electron chi connectivity index (χ2n) is 4.47. The molecule has 0 spiro atoms. The highest BCUT2D eigenvalue weighted by Crippen LogP contribution is 2.08. The molecule has 1 amide bonds. The third-order valence-corrected chi connectivity index (χ3v) is 3.22. The number of amides is 1. The van der Waals surface area contributed by atoms with Crippen LogP contribution >= 0.6 is 0 Å². The number of likely N-dealkylation sites (N-methyl/N-ethyl adjacent to an activating group) is 1. The maximum Gasteiger partial charge on any atom is 0.220 e. The number of benzene rings is 1. The van der Waals surface area contributed by atoms with Crippen molar-refractivity contribution >= 4 is 5.91 Å². The molecular formula is C15H23FN2O. The van der Waals surface area contributed by atoms with Gasteiger partial charge >= 0.3 is 0 Å². The maximum absolute atomic E-state index is 13.4. The van der Waals surface area contributed by atoms with Gasteiger partial charge in [-0.25, -0.2) is 4.39 Å². The molecule has 106 valence electrons. The Morgan fingerprint density at radius 2 is 1.95 bits per heavy atom. The molecule has 0 fully saturated rings. The van der Waals surface area contributed by atoms with Gasteiger partial charge in [-0.2, -0.15) is 0 Å². The Labute approximate surface area is 114 Å². The van der Waals surface area contributed by atoms with E-state index in [9.17, 15) is 9.18 Å². The second-order valence-corrected chi connectivity index (χ2v) is 4.47. The van der Waals surface area contributed by atoms with E-state index >= 15 is 0 Å². The molecule has 0 bridgehead atoms. The summed E-state index contributed by atoms with van der Waals surface area (Å²) in [6, 6.07) is 6.59. The monoisotopic (exact) mass is 266 g/mol. The average Bonchev–Trinajstić information content (AvgIpc) is 2.43. The Morgan fingerprint density at radius 1 is 1.26 bits per heavy atom. The number of nitrogens with one attached hydrogen (secondary N) is 1. The van der Waals surface area contributed by atoms with Crippen LogP contribution in [0, 0.1) is 5.82 Å². The van der Waals surface area contributed by atoms with Crippen LogP contribution < -0.4 is 5.32 Å². The fourth-order valence-corrected chi connectivity index (χ4v) is 1.93. The van der Waals surface area contributed by atoms with Crippen LogP contribution in [0.5, 0.6) is 0 Å². The van der Waals surface area contributed by atoms with E-state index in [1.165, 1.54) is 6.07 Å². The van der Waals surface area contributed by atoms with Crippen molar-refractivity contribution in [3.05, 3.63) is 35.6 Å². The molecule has 4 heteroatoms. The van der Waals surface area contributed by atoms with Crippen molar-refractivity contribution in [2.24, 2.45) is 0 Å². The van der Waals surface area contributed by atoms with E-state index in [1.54, 1.807) is 18.2 Å². The van der Waals surface area contributed by atoms with Crippen molar-refractivity contribution in [2.45, 2.75) is 26.7 Å². The first kappa shape index (κ1) is 15.6. The molecule has 3 nitrogen and oxygen atoms in total. The number of carbonyl (C=O) groups is 1. The van der Waals surface area contributed by atoms with Gasteiger partial charge in [0.05, 0.1) is 0 Å². The molecule has 1 aromatic carbocycles. The number of rotatable bonds is 8.